The molecule has 3 fully saturated rings. The molecule has 3 rings (SSSR count). The van der Waals surface area contributed by atoms with Crippen molar-refractivity contribution in [2.24, 2.45) is 5.41 Å². The Hall–Kier alpha value is -0.0800. The predicted octanol–water partition coefficient (Wildman–Crippen LogP) is 3.65. The first kappa shape index (κ1) is 12.9. The van der Waals surface area contributed by atoms with Crippen molar-refractivity contribution >= 4 is 0 Å². The molecule has 18 heavy (non-hydrogen) atoms. The van der Waals surface area contributed by atoms with Gasteiger partial charge in [0, 0.05) is 18.7 Å². The Morgan fingerprint density at radius 1 is 1.00 bits per heavy atom. The van der Waals surface area contributed by atoms with Gasteiger partial charge in [-0.3, -0.25) is 0 Å². The van der Waals surface area contributed by atoms with E-state index in [-0.39, 0.29) is 5.60 Å². The Balaban J connectivity index is 1.56. The van der Waals surface area contributed by atoms with Crippen LogP contribution in [0.1, 0.15) is 71.6 Å². The molecule has 0 radical (unpaired) electrons. The molecule has 1 N–H and O–H groups in total. The van der Waals surface area contributed by atoms with E-state index < -0.39 is 0 Å². The Morgan fingerprint density at radius 2 is 1.78 bits per heavy atom. The lowest BCUT2D eigenvalue weighted by molar-refractivity contribution is -0.0737. The minimum absolute atomic E-state index is 0.0827. The van der Waals surface area contributed by atoms with Gasteiger partial charge in [0.15, 0.2) is 0 Å². The van der Waals surface area contributed by atoms with Crippen LogP contribution in [0.4, 0.5) is 0 Å². The maximum Gasteiger partial charge on any atom is 0.0641 e. The van der Waals surface area contributed by atoms with E-state index in [9.17, 15) is 0 Å². The van der Waals surface area contributed by atoms with Gasteiger partial charge in [-0.25, -0.2) is 0 Å². The summed E-state index contributed by atoms with van der Waals surface area (Å²) in [5.41, 5.74) is 0.778. The van der Waals surface area contributed by atoms with Gasteiger partial charge in [0.05, 0.1) is 5.60 Å². The second-order valence-corrected chi connectivity index (χ2v) is 7.48. The van der Waals surface area contributed by atoms with Crippen molar-refractivity contribution in [1.82, 2.24) is 5.32 Å². The van der Waals surface area contributed by atoms with E-state index in [1.807, 2.05) is 0 Å². The largest absolute Gasteiger partial charge is 0.375 e. The fraction of sp³-hybridized carbons (Fsp3) is 1.00. The average Bonchev–Trinajstić information content (AvgIpc) is 2.35. The smallest absolute Gasteiger partial charge is 0.0641 e. The highest BCUT2D eigenvalue weighted by atomic mass is 16.5. The molecule has 2 saturated carbocycles. The minimum Gasteiger partial charge on any atom is -0.375 e. The number of rotatable bonds is 2. The van der Waals surface area contributed by atoms with Crippen LogP contribution in [0.25, 0.3) is 0 Å². The van der Waals surface area contributed by atoms with Crippen LogP contribution in [0.15, 0.2) is 0 Å². The van der Waals surface area contributed by atoms with Gasteiger partial charge >= 0.3 is 0 Å². The quantitative estimate of drug-likeness (QED) is 0.809. The fourth-order valence-corrected chi connectivity index (χ4v) is 4.47. The van der Waals surface area contributed by atoms with Gasteiger partial charge in [0.1, 0.15) is 0 Å². The molecular formula is C16H29NO. The third-order valence-electron chi connectivity index (χ3n) is 5.65. The van der Waals surface area contributed by atoms with Crippen LogP contribution in [0, 0.1) is 5.41 Å². The number of hydrogen-bond donors (Lipinski definition) is 1. The minimum atomic E-state index is 0.0827. The molecule has 0 amide bonds. The molecule has 3 aliphatic rings. The first-order chi connectivity index (χ1) is 8.60. The predicted molar refractivity (Wildman–Crippen MR) is 74.7 cm³/mol. The van der Waals surface area contributed by atoms with Crippen LogP contribution in [-0.2, 0) is 4.74 Å². The number of hydrogen-bond acceptors (Lipinski definition) is 2. The van der Waals surface area contributed by atoms with Gasteiger partial charge in [-0.1, -0.05) is 19.3 Å². The fourth-order valence-electron chi connectivity index (χ4n) is 4.47. The molecule has 2 nitrogen and oxygen atoms in total. The second kappa shape index (κ2) is 4.79. The van der Waals surface area contributed by atoms with Crippen molar-refractivity contribution in [2.45, 2.75) is 89.3 Å². The average molecular weight is 251 g/mol. The summed E-state index contributed by atoms with van der Waals surface area (Å²) >= 11 is 0. The van der Waals surface area contributed by atoms with E-state index in [1.165, 1.54) is 57.8 Å². The highest BCUT2D eigenvalue weighted by molar-refractivity contribution is 5.03. The van der Waals surface area contributed by atoms with Crippen LogP contribution in [0.5, 0.6) is 0 Å². The van der Waals surface area contributed by atoms with Crippen molar-refractivity contribution in [1.29, 1.82) is 0 Å². The Bertz CT molecular complexity index is 293. The summed E-state index contributed by atoms with van der Waals surface area (Å²) in [5, 5.41) is 3.99. The zero-order valence-electron chi connectivity index (χ0n) is 12.1. The van der Waals surface area contributed by atoms with E-state index in [0.29, 0.717) is 11.5 Å². The van der Waals surface area contributed by atoms with E-state index in [0.717, 1.165) is 12.6 Å². The third kappa shape index (κ3) is 2.46. The lowest BCUT2D eigenvalue weighted by atomic mass is 9.57. The summed E-state index contributed by atoms with van der Waals surface area (Å²) in [6.45, 7) is 5.40. The molecule has 104 valence electrons. The highest BCUT2D eigenvalue weighted by Gasteiger charge is 2.47. The lowest BCUT2D eigenvalue weighted by Gasteiger charge is -2.54. The van der Waals surface area contributed by atoms with Gasteiger partial charge in [0.2, 0.25) is 0 Å². The molecule has 0 aromatic carbocycles. The molecule has 2 heteroatoms. The van der Waals surface area contributed by atoms with Crippen LogP contribution in [-0.4, -0.2) is 24.3 Å². The molecule has 1 saturated heterocycles. The Morgan fingerprint density at radius 3 is 2.39 bits per heavy atom. The van der Waals surface area contributed by atoms with E-state index >= 15 is 0 Å². The van der Waals surface area contributed by atoms with Crippen molar-refractivity contribution in [3.8, 4) is 0 Å². The third-order valence-corrected chi connectivity index (χ3v) is 5.65. The van der Waals surface area contributed by atoms with E-state index in [1.54, 1.807) is 0 Å². The molecule has 0 bridgehead atoms. The van der Waals surface area contributed by atoms with Crippen LogP contribution >= 0.6 is 0 Å². The molecule has 1 heterocycles. The molecule has 2 aliphatic carbocycles. The molecular weight excluding hydrogens is 222 g/mol. The van der Waals surface area contributed by atoms with Gasteiger partial charge in [0.25, 0.3) is 0 Å². The van der Waals surface area contributed by atoms with Crippen molar-refractivity contribution in [3.05, 3.63) is 0 Å². The molecule has 0 aromatic rings. The summed E-state index contributed by atoms with van der Waals surface area (Å²) in [6.07, 6.45) is 12.7. The SMILES string of the molecule is CC1(C)CC(NC2CCC23CCCCC3)CCO1. The zero-order valence-corrected chi connectivity index (χ0v) is 12.1. The summed E-state index contributed by atoms with van der Waals surface area (Å²) in [6, 6.07) is 1.51. The zero-order chi connectivity index (χ0) is 12.6. The van der Waals surface area contributed by atoms with Crippen LogP contribution in [0.3, 0.4) is 0 Å². The lowest BCUT2D eigenvalue weighted by Crippen LogP contribution is -2.58. The van der Waals surface area contributed by atoms with Gasteiger partial charge in [-0.2, -0.15) is 0 Å². The van der Waals surface area contributed by atoms with Crippen LogP contribution in [0.2, 0.25) is 0 Å². The van der Waals surface area contributed by atoms with Gasteiger partial charge in [-0.15, -0.1) is 0 Å². The maximum atomic E-state index is 5.83. The molecule has 2 atom stereocenters. The van der Waals surface area contributed by atoms with Gasteiger partial charge in [-0.05, 0) is 57.8 Å². The monoisotopic (exact) mass is 251 g/mol. The second-order valence-electron chi connectivity index (χ2n) is 7.48. The standard InChI is InChI=1S/C16H29NO/c1-15(2)12-13(7-11-18-15)17-14-6-10-16(14)8-4-3-5-9-16/h13-14,17H,3-12H2,1-2H3. The van der Waals surface area contributed by atoms with Crippen molar-refractivity contribution in [2.75, 3.05) is 6.61 Å². The molecule has 1 aliphatic heterocycles. The number of nitrogens with one attached hydrogen (secondary N) is 1. The van der Waals surface area contributed by atoms with E-state index in [2.05, 4.69) is 19.2 Å². The van der Waals surface area contributed by atoms with E-state index in [4.69, 9.17) is 4.74 Å². The summed E-state index contributed by atoms with van der Waals surface area (Å²) in [4.78, 5) is 0. The summed E-state index contributed by atoms with van der Waals surface area (Å²) < 4.78 is 5.83. The van der Waals surface area contributed by atoms with Gasteiger partial charge < -0.3 is 10.1 Å². The summed E-state index contributed by atoms with van der Waals surface area (Å²) in [7, 11) is 0. The first-order valence-corrected chi connectivity index (χ1v) is 8.00. The Labute approximate surface area is 112 Å². The first-order valence-electron chi connectivity index (χ1n) is 8.00. The molecule has 1 spiro atoms. The molecule has 2 unspecified atom stereocenters. The highest BCUT2D eigenvalue weighted by Crippen LogP contribution is 2.52. The maximum absolute atomic E-state index is 5.83. The Kier molecular flexibility index (Phi) is 3.44. The van der Waals surface area contributed by atoms with Crippen molar-refractivity contribution in [3.63, 3.8) is 0 Å². The topological polar surface area (TPSA) is 21.3 Å². The summed E-state index contributed by atoms with van der Waals surface area (Å²) in [5.74, 6) is 0. The normalized spacial score (nSPS) is 38.3. The van der Waals surface area contributed by atoms with Crippen molar-refractivity contribution < 1.29 is 4.74 Å². The van der Waals surface area contributed by atoms with Crippen LogP contribution < -0.4 is 5.32 Å². The number of ether oxygens (including phenoxy) is 1. The molecule has 0 aromatic heterocycles.